The highest BCUT2D eigenvalue weighted by atomic mass is 32.1. The Morgan fingerprint density at radius 1 is 0.192 bits per heavy atom. The van der Waals surface area contributed by atoms with Crippen molar-refractivity contribution in [2.75, 3.05) is 0 Å². The minimum atomic E-state index is 0.563. The molecule has 30 rings (SSSR count). The van der Waals surface area contributed by atoms with Crippen molar-refractivity contribution in [3.05, 3.63) is 435 Å². The third-order valence-electron chi connectivity index (χ3n) is 26.2. The van der Waals surface area contributed by atoms with E-state index in [0.29, 0.717) is 11.6 Å². The molecule has 14 aromatic carbocycles. The number of pyridine rings is 2. The van der Waals surface area contributed by atoms with E-state index in [2.05, 4.69) is 392 Å². The van der Waals surface area contributed by atoms with Gasteiger partial charge in [-0.05, 0) is 173 Å². The number of para-hydroxylation sites is 4. The average molecular weight is 1990 g/mol. The van der Waals surface area contributed by atoms with Gasteiger partial charge in [-0.15, -0.1) is 68.0 Å². The summed E-state index contributed by atoms with van der Waals surface area (Å²) in [6, 6.07) is 128. The lowest BCUT2D eigenvalue weighted by molar-refractivity contribution is 1.08. The zero-order chi connectivity index (χ0) is 98.0. The number of aryl methyl sites for hydroxylation is 6. The Bertz CT molecular complexity index is 9840. The molecule has 696 valence electrons. The van der Waals surface area contributed by atoms with Gasteiger partial charge >= 0.3 is 0 Å². The number of nitrogens with zero attached hydrogens (tertiary/aromatic N) is 16. The number of rotatable bonds is 8. The van der Waals surface area contributed by atoms with E-state index in [1.807, 2.05) is 79.9 Å². The van der Waals surface area contributed by atoms with Crippen LogP contribution in [0.5, 0.6) is 0 Å². The largest absolute Gasteiger partial charge is 0.309 e. The molecule has 22 heteroatoms. The first-order valence-electron chi connectivity index (χ1n) is 47.9. The van der Waals surface area contributed by atoms with Crippen LogP contribution < -0.4 is 0 Å². The SMILES string of the molecule is Cc1ccnc2c1sc1ccc(-c3ccccc3)cc12.Cc1nc(-c2ccc3c4ccccc4n(-c4ccccc4)c3c2)nc2c1sc1ccccc12.Cc1nc(-c2cccc3c2c2ccccc2n3-c2ccccc2)nc2c1sc1ccccc12.Cc1nc(-c2ccccc2)nc2c1sc1ccccc12.Cc1nc(-c2ccncc2)nc2c1sc1ccccc12.Cc1nc(-c2ncccn2)nc2c1sc1ccccc12. The number of fused-ring (bicyclic) bond motifs is 24. The van der Waals surface area contributed by atoms with Crippen LogP contribution >= 0.6 is 68.0 Å². The number of aromatic nitrogens is 16. The lowest BCUT2D eigenvalue weighted by Crippen LogP contribution is -1.96. The van der Waals surface area contributed by atoms with Crippen molar-refractivity contribution in [1.29, 1.82) is 0 Å². The van der Waals surface area contributed by atoms with Gasteiger partial charge in [0.05, 0.1) is 112 Å². The van der Waals surface area contributed by atoms with Crippen LogP contribution in [0.3, 0.4) is 0 Å². The van der Waals surface area contributed by atoms with E-state index >= 15 is 0 Å². The average Bonchev–Trinajstić information content (AvgIpc) is 1.57. The Morgan fingerprint density at radius 2 is 0.548 bits per heavy atom. The molecule has 0 bridgehead atoms. The second kappa shape index (κ2) is 38.6. The Hall–Kier alpha value is -17.2. The number of hydrogen-bond acceptors (Lipinski definition) is 20. The maximum atomic E-state index is 5.12. The van der Waals surface area contributed by atoms with Crippen molar-refractivity contribution >= 4 is 233 Å². The van der Waals surface area contributed by atoms with Crippen LogP contribution in [0.25, 0.3) is 245 Å². The molecule has 0 saturated carbocycles. The molecule has 0 atom stereocenters. The first-order valence-corrected chi connectivity index (χ1v) is 52.8. The fraction of sp³-hybridized carbons (Fsp3) is 0.0484. The second-order valence-electron chi connectivity index (χ2n) is 35.5. The molecule has 0 amide bonds. The summed E-state index contributed by atoms with van der Waals surface area (Å²) in [6.45, 7) is 12.4. The fourth-order valence-corrected chi connectivity index (χ4v) is 25.9. The summed E-state index contributed by atoms with van der Waals surface area (Å²) < 4.78 is 19.3. The van der Waals surface area contributed by atoms with Gasteiger partial charge in [0, 0.05) is 147 Å². The molecule has 0 spiro atoms. The number of thiophene rings is 6. The molecule has 16 nitrogen and oxygen atoms in total. The van der Waals surface area contributed by atoms with Gasteiger partial charge in [-0.25, -0.2) is 59.8 Å². The van der Waals surface area contributed by atoms with Crippen molar-refractivity contribution in [1.82, 2.24) is 78.9 Å². The molecular weight excluding hydrogens is 1910 g/mol. The van der Waals surface area contributed by atoms with E-state index in [4.69, 9.17) is 29.9 Å². The third kappa shape index (κ3) is 16.8. The van der Waals surface area contributed by atoms with Gasteiger partial charge in [0.2, 0.25) is 0 Å². The summed E-state index contributed by atoms with van der Waals surface area (Å²) >= 11 is 10.6. The highest BCUT2D eigenvalue weighted by Gasteiger charge is 2.24. The predicted octanol–water partition coefficient (Wildman–Crippen LogP) is 33.9. The van der Waals surface area contributed by atoms with Crippen LogP contribution in [-0.4, -0.2) is 78.9 Å². The number of benzene rings is 14. The third-order valence-corrected chi connectivity index (χ3v) is 33.9. The van der Waals surface area contributed by atoms with E-state index in [1.165, 1.54) is 128 Å². The minimum absolute atomic E-state index is 0.563. The quantitative estimate of drug-likeness (QED) is 0.140. The van der Waals surface area contributed by atoms with Gasteiger partial charge in [0.1, 0.15) is 0 Å². The Kier molecular flexibility index (Phi) is 23.8. The standard InChI is InChI=1S/2C29H19N3S.C18H13NS.C17H12N2S.C16H11N3S.C15H10N4S/c1-18-28-27(21-13-6-8-17-25(21)33-28)31-29(30-18)22-14-9-16-24-26(22)20-12-5-7-15-23(20)32(24)19-10-3-2-4-11-19;1-18-28-27(23-12-6-8-14-26(23)33-28)31-29(30-18)19-15-16-22-21-11-5-7-13-24(21)32(25(22)17-19)20-9-3-2-4-10-20;1-12-9-10-19-17-15-11-14(13-5-3-2-4-6-13)7-8-16(15)20-18(12)17;1-11-16-15(13-9-5-6-10-14(13)20-16)19-17(18-11)12-7-3-2-4-8-12;1-10-15-14(12-4-2-3-5-13(12)20-15)19-16(18-10)11-6-8-17-9-7-11;1-9-13-12(10-5-2-3-6-11(10)20-13)19-15(18-9)14-16-7-4-8-17-14/h2*2-17H,1H3;2-11H,1H3;2-10H,1H3;2-9H,1H3;2-8H,1H3. The Balaban J connectivity index is 0.0000000929. The van der Waals surface area contributed by atoms with Crippen LogP contribution in [0.2, 0.25) is 0 Å². The summed E-state index contributed by atoms with van der Waals surface area (Å²) in [5.74, 6) is 4.27. The molecule has 0 aliphatic heterocycles. The van der Waals surface area contributed by atoms with E-state index in [-0.39, 0.29) is 0 Å². The van der Waals surface area contributed by atoms with Gasteiger partial charge in [-0.3, -0.25) is 9.97 Å². The lowest BCUT2D eigenvalue weighted by Gasteiger charge is -2.09. The molecule has 16 heterocycles. The van der Waals surface area contributed by atoms with Gasteiger partial charge < -0.3 is 9.13 Å². The molecule has 30 aromatic rings. The zero-order valence-corrected chi connectivity index (χ0v) is 84.6. The summed E-state index contributed by atoms with van der Waals surface area (Å²) in [7, 11) is 0. The van der Waals surface area contributed by atoms with Crippen molar-refractivity contribution < 1.29 is 0 Å². The molecule has 146 heavy (non-hydrogen) atoms. The van der Waals surface area contributed by atoms with E-state index in [0.717, 1.165) is 140 Å². The van der Waals surface area contributed by atoms with Crippen LogP contribution in [0.15, 0.2) is 401 Å². The fourth-order valence-electron chi connectivity index (χ4n) is 19.4. The molecule has 16 aromatic heterocycles. The molecule has 0 fully saturated rings. The van der Waals surface area contributed by atoms with Crippen molar-refractivity contribution in [3.8, 4) is 79.7 Å². The van der Waals surface area contributed by atoms with Gasteiger partial charge in [-0.1, -0.05) is 255 Å². The summed E-state index contributed by atoms with van der Waals surface area (Å²) in [5, 5.41) is 12.1. The Morgan fingerprint density at radius 3 is 1.04 bits per heavy atom. The van der Waals surface area contributed by atoms with Crippen molar-refractivity contribution in [2.24, 2.45) is 0 Å². The minimum Gasteiger partial charge on any atom is -0.309 e. The lowest BCUT2D eigenvalue weighted by atomic mass is 10.0. The molecule has 0 aliphatic rings. The maximum Gasteiger partial charge on any atom is 0.198 e. The zero-order valence-electron chi connectivity index (χ0n) is 79.7. The summed E-state index contributed by atoms with van der Waals surface area (Å²) in [5.41, 5.74) is 26.4. The molecular formula is C124H84N16S6. The first kappa shape index (κ1) is 90.1. The van der Waals surface area contributed by atoms with Crippen molar-refractivity contribution in [2.45, 2.75) is 41.5 Å². The Labute approximate surface area is 861 Å². The van der Waals surface area contributed by atoms with E-state index in [1.54, 1.807) is 87.5 Å². The van der Waals surface area contributed by atoms with E-state index < -0.39 is 0 Å². The molecule has 0 N–H and O–H groups in total. The van der Waals surface area contributed by atoms with Gasteiger partial charge in [0.15, 0.2) is 34.9 Å². The summed E-state index contributed by atoms with van der Waals surface area (Å²) in [6.07, 6.45) is 8.85. The molecule has 0 radical (unpaired) electrons. The van der Waals surface area contributed by atoms with E-state index in [9.17, 15) is 0 Å². The van der Waals surface area contributed by atoms with Crippen LogP contribution in [0.1, 0.15) is 34.0 Å². The van der Waals surface area contributed by atoms with Gasteiger partial charge in [0.25, 0.3) is 0 Å². The second-order valence-corrected chi connectivity index (χ2v) is 41.8. The predicted molar refractivity (Wildman–Crippen MR) is 615 cm³/mol. The normalized spacial score (nSPS) is 11.5. The highest BCUT2D eigenvalue weighted by molar-refractivity contribution is 7.28. The van der Waals surface area contributed by atoms with Crippen molar-refractivity contribution in [3.63, 3.8) is 0 Å². The number of hydrogen-bond donors (Lipinski definition) is 0. The topological polar surface area (TPSA) is 190 Å². The molecule has 0 aliphatic carbocycles. The monoisotopic (exact) mass is 1990 g/mol. The smallest absolute Gasteiger partial charge is 0.198 e. The van der Waals surface area contributed by atoms with Crippen LogP contribution in [0.4, 0.5) is 0 Å². The van der Waals surface area contributed by atoms with Crippen LogP contribution in [0, 0.1) is 41.5 Å². The maximum absolute atomic E-state index is 5.12. The van der Waals surface area contributed by atoms with Gasteiger partial charge in [-0.2, -0.15) is 0 Å². The summed E-state index contributed by atoms with van der Waals surface area (Å²) in [4.78, 5) is 65.2. The first-order chi connectivity index (χ1) is 71.9. The van der Waals surface area contributed by atoms with Crippen LogP contribution in [-0.2, 0) is 0 Å². The highest BCUT2D eigenvalue weighted by Crippen LogP contribution is 2.46. The molecule has 0 saturated heterocycles. The molecule has 0 unspecified atom stereocenters.